The Bertz CT molecular complexity index is 916. The summed E-state index contributed by atoms with van der Waals surface area (Å²) in [5, 5.41) is 17.3. The summed E-state index contributed by atoms with van der Waals surface area (Å²) >= 11 is 2.54. The summed E-state index contributed by atoms with van der Waals surface area (Å²) in [6, 6.07) is -0.852. The van der Waals surface area contributed by atoms with E-state index in [9.17, 15) is 19.5 Å². The molecule has 1 unspecified atom stereocenters. The summed E-state index contributed by atoms with van der Waals surface area (Å²) < 4.78 is 0. The number of carbonyl (C=O) groups excluding carboxylic acids is 2. The van der Waals surface area contributed by atoms with Gasteiger partial charge in [0.05, 0.1) is 0 Å². The molecule has 1 aromatic rings. The van der Waals surface area contributed by atoms with Crippen molar-refractivity contribution in [3.63, 3.8) is 0 Å². The Kier molecular flexibility index (Phi) is 8.51. The topological polar surface area (TPSA) is 147 Å². The molecule has 2 atom stereocenters. The van der Waals surface area contributed by atoms with E-state index < -0.39 is 29.2 Å². The van der Waals surface area contributed by atoms with Crippen LogP contribution in [-0.2, 0) is 19.2 Å². The van der Waals surface area contributed by atoms with E-state index in [1.807, 2.05) is 0 Å². The highest BCUT2D eigenvalue weighted by Gasteiger charge is 2.53. The molecule has 0 aliphatic carbocycles. The van der Waals surface area contributed by atoms with E-state index in [0.29, 0.717) is 12.4 Å². The molecule has 1 saturated heterocycles. The van der Waals surface area contributed by atoms with Crippen LogP contribution in [0.5, 0.6) is 0 Å². The van der Waals surface area contributed by atoms with Crippen LogP contribution >= 0.6 is 23.1 Å². The van der Waals surface area contributed by atoms with Crippen molar-refractivity contribution in [3.8, 4) is 0 Å². The molecular formula is C20H27N5O5S2. The molecule has 0 bridgehead atoms. The van der Waals surface area contributed by atoms with Crippen LogP contribution in [0.25, 0.3) is 0 Å². The number of thiazole rings is 1. The molecule has 32 heavy (non-hydrogen) atoms. The average molecular weight is 482 g/mol. The highest BCUT2D eigenvalue weighted by atomic mass is 32.2. The highest BCUT2D eigenvalue weighted by molar-refractivity contribution is 8.00. The van der Waals surface area contributed by atoms with Crippen molar-refractivity contribution in [2.75, 3.05) is 18.1 Å². The van der Waals surface area contributed by atoms with Crippen molar-refractivity contribution >= 4 is 51.7 Å². The van der Waals surface area contributed by atoms with Gasteiger partial charge in [-0.2, -0.15) is 0 Å². The molecule has 0 saturated carbocycles. The number of β-lactam (4-membered cyclic amide) rings is 1. The standard InChI is InChI=1S/C20H27N5O5S2/c1-2-3-4-5-6-7-9-30-24-14(12-11-32-20(21)22-12)16(26)23-15-17(27)25-13(19(28)29)8-10-31-18(15)25/h8,11,15,18H,2-7,9-10H2,1H3,(H2,21,22)(H,23,26)(H,28,29)/t15?,18-/m0/s1. The number of fused-ring (bicyclic) bond motifs is 1. The molecule has 12 heteroatoms. The second-order valence-electron chi connectivity index (χ2n) is 7.39. The second-order valence-corrected chi connectivity index (χ2v) is 9.43. The van der Waals surface area contributed by atoms with Crippen LogP contribution in [0.2, 0.25) is 0 Å². The molecule has 1 fully saturated rings. The summed E-state index contributed by atoms with van der Waals surface area (Å²) in [5.74, 6) is -1.83. The Hall–Kier alpha value is -2.60. The Balaban J connectivity index is 1.61. The minimum absolute atomic E-state index is 0.0623. The average Bonchev–Trinajstić information content (AvgIpc) is 3.21. The zero-order chi connectivity index (χ0) is 23.1. The molecule has 10 nitrogen and oxygen atoms in total. The number of unbranched alkanes of at least 4 members (excludes halogenated alkanes) is 5. The van der Waals surface area contributed by atoms with Crippen LogP contribution in [0.3, 0.4) is 0 Å². The fraction of sp³-hybridized carbons (Fsp3) is 0.550. The number of aromatic nitrogens is 1. The number of nitrogens with two attached hydrogens (primary N) is 1. The normalized spacial score (nSPS) is 20.3. The molecule has 1 aromatic heterocycles. The number of carbonyl (C=O) groups is 3. The van der Waals surface area contributed by atoms with Crippen molar-refractivity contribution in [1.29, 1.82) is 0 Å². The van der Waals surface area contributed by atoms with Crippen molar-refractivity contribution in [1.82, 2.24) is 15.2 Å². The second kappa shape index (κ2) is 11.3. The number of aliphatic carboxylic acids is 1. The molecule has 0 aromatic carbocycles. The van der Waals surface area contributed by atoms with Gasteiger partial charge in [0, 0.05) is 11.1 Å². The lowest BCUT2D eigenvalue weighted by atomic mass is 10.0. The van der Waals surface area contributed by atoms with Gasteiger partial charge < -0.3 is 21.0 Å². The van der Waals surface area contributed by atoms with Crippen LogP contribution in [0, 0.1) is 0 Å². The zero-order valence-electron chi connectivity index (χ0n) is 17.8. The van der Waals surface area contributed by atoms with Crippen molar-refractivity contribution in [2.45, 2.75) is 56.9 Å². The Morgan fingerprint density at radius 3 is 2.78 bits per heavy atom. The monoisotopic (exact) mass is 481 g/mol. The lowest BCUT2D eigenvalue weighted by Gasteiger charge is -2.48. The smallest absolute Gasteiger partial charge is 0.352 e. The first-order chi connectivity index (χ1) is 15.4. The number of carboxylic acids is 1. The van der Waals surface area contributed by atoms with E-state index in [4.69, 9.17) is 10.6 Å². The predicted octanol–water partition coefficient (Wildman–Crippen LogP) is 2.17. The SMILES string of the molecule is CCCCCCCCON=C(C(=O)NC1C(=O)N2C(C(=O)O)=CCS[C@@H]12)c1csc(N)n1. The number of nitrogens with one attached hydrogen (secondary N) is 1. The van der Waals surface area contributed by atoms with Gasteiger partial charge in [0.1, 0.15) is 29.4 Å². The summed E-state index contributed by atoms with van der Waals surface area (Å²) in [5.41, 5.74) is 5.83. The van der Waals surface area contributed by atoms with E-state index in [1.165, 1.54) is 42.0 Å². The van der Waals surface area contributed by atoms with Crippen LogP contribution in [0.1, 0.15) is 51.1 Å². The van der Waals surface area contributed by atoms with E-state index in [0.717, 1.165) is 30.6 Å². The molecule has 3 heterocycles. The minimum Gasteiger partial charge on any atom is -0.477 e. The van der Waals surface area contributed by atoms with Crippen LogP contribution < -0.4 is 11.1 Å². The number of nitrogens with zero attached hydrogens (tertiary/aromatic N) is 3. The number of oxime groups is 1. The third kappa shape index (κ3) is 5.60. The molecule has 2 aliphatic rings. The number of nitrogen functional groups attached to an aromatic ring is 1. The third-order valence-corrected chi connectivity index (χ3v) is 6.93. The number of carboxylic acid groups (broad SMARTS) is 1. The van der Waals surface area contributed by atoms with Gasteiger partial charge in [-0.05, 0) is 18.9 Å². The van der Waals surface area contributed by atoms with Gasteiger partial charge in [-0.1, -0.05) is 37.8 Å². The predicted molar refractivity (Wildman–Crippen MR) is 123 cm³/mol. The van der Waals surface area contributed by atoms with E-state index in [2.05, 4.69) is 22.4 Å². The molecular weight excluding hydrogens is 454 g/mol. The maximum Gasteiger partial charge on any atom is 0.352 e. The molecule has 2 amide bonds. The van der Waals surface area contributed by atoms with Gasteiger partial charge in [0.2, 0.25) is 0 Å². The number of rotatable bonds is 12. The van der Waals surface area contributed by atoms with Crippen LogP contribution in [0.4, 0.5) is 5.13 Å². The summed E-state index contributed by atoms with van der Waals surface area (Å²) in [4.78, 5) is 47.4. The number of thioether (sulfide) groups is 1. The number of hydrogen-bond acceptors (Lipinski definition) is 9. The maximum absolute atomic E-state index is 12.9. The van der Waals surface area contributed by atoms with Crippen molar-refractivity contribution in [3.05, 3.63) is 22.8 Å². The summed E-state index contributed by atoms with van der Waals surface area (Å²) in [6.07, 6.45) is 8.05. The van der Waals surface area contributed by atoms with Crippen molar-refractivity contribution in [2.24, 2.45) is 5.16 Å². The number of amides is 2. The van der Waals surface area contributed by atoms with Gasteiger partial charge in [-0.25, -0.2) is 9.78 Å². The molecule has 174 valence electrons. The Morgan fingerprint density at radius 2 is 2.09 bits per heavy atom. The highest BCUT2D eigenvalue weighted by Crippen LogP contribution is 2.37. The lowest BCUT2D eigenvalue weighted by Crippen LogP contribution is -2.70. The molecule has 4 N–H and O–H groups in total. The molecule has 3 rings (SSSR count). The van der Waals surface area contributed by atoms with Gasteiger partial charge in [-0.15, -0.1) is 23.1 Å². The maximum atomic E-state index is 12.9. The Morgan fingerprint density at radius 1 is 1.34 bits per heavy atom. The van der Waals surface area contributed by atoms with Crippen LogP contribution in [-0.4, -0.2) is 62.3 Å². The summed E-state index contributed by atoms with van der Waals surface area (Å²) in [7, 11) is 0. The first-order valence-corrected chi connectivity index (χ1v) is 12.5. The third-order valence-electron chi connectivity index (χ3n) is 5.08. The first kappa shape index (κ1) is 24.1. The largest absolute Gasteiger partial charge is 0.477 e. The number of anilines is 1. The van der Waals surface area contributed by atoms with Gasteiger partial charge >= 0.3 is 5.97 Å². The summed E-state index contributed by atoms with van der Waals surface area (Å²) in [6.45, 7) is 2.53. The molecule has 0 radical (unpaired) electrons. The van der Waals surface area contributed by atoms with Gasteiger partial charge in [-0.3, -0.25) is 14.5 Å². The van der Waals surface area contributed by atoms with E-state index >= 15 is 0 Å². The Labute approximate surface area is 194 Å². The quantitative estimate of drug-likeness (QED) is 0.178. The van der Waals surface area contributed by atoms with Crippen LogP contribution in [0.15, 0.2) is 22.3 Å². The van der Waals surface area contributed by atoms with Gasteiger partial charge in [0.25, 0.3) is 11.8 Å². The number of hydrogen-bond donors (Lipinski definition) is 3. The zero-order valence-corrected chi connectivity index (χ0v) is 19.4. The molecule has 0 spiro atoms. The van der Waals surface area contributed by atoms with Gasteiger partial charge in [0.15, 0.2) is 10.8 Å². The van der Waals surface area contributed by atoms with Crippen molar-refractivity contribution < 1.29 is 24.3 Å². The lowest BCUT2D eigenvalue weighted by molar-refractivity contribution is -0.150. The van der Waals surface area contributed by atoms with E-state index in [-0.39, 0.29) is 22.2 Å². The molecule has 2 aliphatic heterocycles. The van der Waals surface area contributed by atoms with E-state index in [1.54, 1.807) is 5.38 Å². The fourth-order valence-electron chi connectivity index (χ4n) is 3.41. The minimum atomic E-state index is -1.17. The fourth-order valence-corrected chi connectivity index (χ4v) is 5.15. The first-order valence-electron chi connectivity index (χ1n) is 10.5.